The van der Waals surface area contributed by atoms with Crippen molar-refractivity contribution >= 4 is 10.8 Å². The molecule has 1 aromatic heterocycles. The number of aliphatic hydroxyl groups is 1. The van der Waals surface area contributed by atoms with Crippen molar-refractivity contribution in [1.29, 1.82) is 0 Å². The van der Waals surface area contributed by atoms with Crippen LogP contribution in [0.3, 0.4) is 0 Å². The molecule has 0 fully saturated rings. The van der Waals surface area contributed by atoms with E-state index in [1.807, 2.05) is 60.8 Å². The van der Waals surface area contributed by atoms with E-state index in [1.54, 1.807) is 6.92 Å². The molecule has 0 amide bonds. The fourth-order valence-corrected chi connectivity index (χ4v) is 2.44. The Kier molecular flexibility index (Phi) is 3.02. The number of aliphatic hydroxyl groups excluding tert-OH is 1. The van der Waals surface area contributed by atoms with Gasteiger partial charge >= 0.3 is 0 Å². The molecule has 19 heavy (non-hydrogen) atoms. The Morgan fingerprint density at radius 2 is 1.63 bits per heavy atom. The highest BCUT2D eigenvalue weighted by Crippen LogP contribution is 2.32. The van der Waals surface area contributed by atoms with Crippen molar-refractivity contribution in [2.24, 2.45) is 0 Å². The van der Waals surface area contributed by atoms with Crippen LogP contribution in [0.2, 0.25) is 0 Å². The summed E-state index contributed by atoms with van der Waals surface area (Å²) in [5.74, 6) is 0. The van der Waals surface area contributed by atoms with Crippen molar-refractivity contribution in [2.75, 3.05) is 0 Å². The van der Waals surface area contributed by atoms with Gasteiger partial charge in [0, 0.05) is 22.7 Å². The minimum absolute atomic E-state index is 0.547. The van der Waals surface area contributed by atoms with Gasteiger partial charge in [0.15, 0.2) is 0 Å². The van der Waals surface area contributed by atoms with Crippen LogP contribution in [0.4, 0.5) is 0 Å². The van der Waals surface area contributed by atoms with Gasteiger partial charge < -0.3 is 5.11 Å². The maximum atomic E-state index is 10.1. The van der Waals surface area contributed by atoms with Crippen LogP contribution >= 0.6 is 0 Å². The zero-order valence-corrected chi connectivity index (χ0v) is 10.7. The van der Waals surface area contributed by atoms with Gasteiger partial charge in [-0.2, -0.15) is 0 Å². The van der Waals surface area contributed by atoms with E-state index in [4.69, 9.17) is 0 Å². The molecule has 0 saturated carbocycles. The molecule has 1 N–H and O–H groups in total. The van der Waals surface area contributed by atoms with Gasteiger partial charge in [-0.25, -0.2) is 0 Å². The van der Waals surface area contributed by atoms with Crippen LogP contribution in [0.1, 0.15) is 18.6 Å². The summed E-state index contributed by atoms with van der Waals surface area (Å²) in [6.07, 6.45) is 1.32. The lowest BCUT2D eigenvalue weighted by atomic mass is 9.97. The molecule has 1 heterocycles. The summed E-state index contributed by atoms with van der Waals surface area (Å²) in [5, 5.41) is 12.2. The lowest BCUT2D eigenvalue weighted by Crippen LogP contribution is -1.99. The molecule has 0 aliphatic rings. The number of hydrogen-bond donors (Lipinski definition) is 1. The van der Waals surface area contributed by atoms with Crippen LogP contribution in [0.25, 0.3) is 22.0 Å². The molecule has 2 heteroatoms. The molecule has 3 rings (SSSR count). The predicted molar refractivity (Wildman–Crippen MR) is 77.8 cm³/mol. The summed E-state index contributed by atoms with van der Waals surface area (Å²) in [6, 6.07) is 18.0. The van der Waals surface area contributed by atoms with Crippen LogP contribution in [0.15, 0.2) is 60.8 Å². The van der Waals surface area contributed by atoms with E-state index in [1.165, 1.54) is 0 Å². The number of nitrogens with zero attached hydrogens (tertiary/aromatic N) is 1. The van der Waals surface area contributed by atoms with Gasteiger partial charge in [-0.1, -0.05) is 54.6 Å². The summed E-state index contributed by atoms with van der Waals surface area (Å²) >= 11 is 0. The van der Waals surface area contributed by atoms with Gasteiger partial charge in [0.2, 0.25) is 0 Å². The third-order valence-electron chi connectivity index (χ3n) is 3.30. The summed E-state index contributed by atoms with van der Waals surface area (Å²) in [7, 11) is 0. The quantitative estimate of drug-likeness (QED) is 0.745. The number of pyridine rings is 1. The molecule has 0 spiro atoms. The minimum Gasteiger partial charge on any atom is -0.389 e. The Balaban J connectivity index is 2.34. The maximum Gasteiger partial charge on any atom is 0.0789 e. The summed E-state index contributed by atoms with van der Waals surface area (Å²) in [5.41, 5.74) is 2.78. The number of rotatable bonds is 2. The molecule has 0 radical (unpaired) electrons. The topological polar surface area (TPSA) is 33.1 Å². The minimum atomic E-state index is -0.547. The Bertz CT molecular complexity index is 705. The van der Waals surface area contributed by atoms with Crippen molar-refractivity contribution in [1.82, 2.24) is 4.98 Å². The average molecular weight is 249 g/mol. The van der Waals surface area contributed by atoms with E-state index in [-0.39, 0.29) is 0 Å². The smallest absolute Gasteiger partial charge is 0.0789 e. The zero-order chi connectivity index (χ0) is 13.2. The second-order valence-electron chi connectivity index (χ2n) is 4.65. The molecular weight excluding hydrogens is 234 g/mol. The molecule has 1 unspecified atom stereocenters. The van der Waals surface area contributed by atoms with E-state index in [0.29, 0.717) is 0 Å². The molecule has 94 valence electrons. The molecule has 0 bridgehead atoms. The van der Waals surface area contributed by atoms with Crippen molar-refractivity contribution in [3.05, 3.63) is 66.4 Å². The zero-order valence-electron chi connectivity index (χ0n) is 10.7. The van der Waals surface area contributed by atoms with Gasteiger partial charge in [-0.15, -0.1) is 0 Å². The first-order valence-corrected chi connectivity index (χ1v) is 6.38. The highest BCUT2D eigenvalue weighted by molar-refractivity contribution is 5.90. The van der Waals surface area contributed by atoms with Gasteiger partial charge in [-0.05, 0) is 12.3 Å². The lowest BCUT2D eigenvalue weighted by molar-refractivity contribution is 0.201. The van der Waals surface area contributed by atoms with E-state index in [2.05, 4.69) is 4.98 Å². The molecule has 0 aliphatic carbocycles. The Hall–Kier alpha value is -2.19. The molecule has 2 nitrogen and oxygen atoms in total. The third kappa shape index (κ3) is 2.11. The molecule has 3 aromatic rings. The monoisotopic (exact) mass is 249 g/mol. The number of aromatic nitrogens is 1. The number of hydrogen-bond acceptors (Lipinski definition) is 2. The van der Waals surface area contributed by atoms with E-state index in [9.17, 15) is 5.11 Å². The summed E-state index contributed by atoms with van der Waals surface area (Å²) < 4.78 is 0. The lowest BCUT2D eigenvalue weighted by Gasteiger charge is -2.14. The molecular formula is C17H15NO. The van der Waals surface area contributed by atoms with Crippen molar-refractivity contribution in [2.45, 2.75) is 13.0 Å². The number of benzene rings is 2. The molecule has 2 aromatic carbocycles. The molecule has 1 atom stereocenters. The number of fused-ring (bicyclic) bond motifs is 1. The van der Waals surface area contributed by atoms with Crippen LogP contribution in [-0.2, 0) is 0 Å². The normalized spacial score (nSPS) is 12.5. The largest absolute Gasteiger partial charge is 0.389 e. The maximum absolute atomic E-state index is 10.1. The van der Waals surface area contributed by atoms with Crippen LogP contribution < -0.4 is 0 Å². The van der Waals surface area contributed by atoms with Crippen molar-refractivity contribution < 1.29 is 5.11 Å². The Morgan fingerprint density at radius 3 is 2.37 bits per heavy atom. The molecule has 0 saturated heterocycles. The van der Waals surface area contributed by atoms with Crippen molar-refractivity contribution in [3.8, 4) is 11.3 Å². The second-order valence-corrected chi connectivity index (χ2v) is 4.65. The second kappa shape index (κ2) is 4.82. The first kappa shape index (κ1) is 11.9. The highest BCUT2D eigenvalue weighted by atomic mass is 16.3. The standard InChI is InChI=1S/C17H15NO/c1-12(19)16-15-10-6-5-9-14(15)11-18-17(16)13-7-3-2-4-8-13/h2-12,19H,1H3. The Labute approximate surface area is 112 Å². The summed E-state index contributed by atoms with van der Waals surface area (Å²) in [6.45, 7) is 1.79. The first-order valence-electron chi connectivity index (χ1n) is 6.38. The average Bonchev–Trinajstić information content (AvgIpc) is 2.46. The van der Waals surface area contributed by atoms with Crippen LogP contribution in [0.5, 0.6) is 0 Å². The van der Waals surface area contributed by atoms with E-state index in [0.717, 1.165) is 27.6 Å². The Morgan fingerprint density at radius 1 is 0.947 bits per heavy atom. The third-order valence-corrected chi connectivity index (χ3v) is 3.30. The predicted octanol–water partition coefficient (Wildman–Crippen LogP) is 3.96. The van der Waals surface area contributed by atoms with Crippen LogP contribution in [-0.4, -0.2) is 10.1 Å². The van der Waals surface area contributed by atoms with E-state index < -0.39 is 6.10 Å². The van der Waals surface area contributed by atoms with Gasteiger partial charge in [-0.3, -0.25) is 4.98 Å². The summed E-state index contributed by atoms with van der Waals surface area (Å²) in [4.78, 5) is 4.54. The highest BCUT2D eigenvalue weighted by Gasteiger charge is 2.14. The van der Waals surface area contributed by atoms with Gasteiger partial charge in [0.05, 0.1) is 11.8 Å². The van der Waals surface area contributed by atoms with E-state index >= 15 is 0 Å². The first-order chi connectivity index (χ1) is 9.27. The van der Waals surface area contributed by atoms with Crippen LogP contribution in [0, 0.1) is 0 Å². The van der Waals surface area contributed by atoms with Crippen molar-refractivity contribution in [3.63, 3.8) is 0 Å². The fraction of sp³-hybridized carbons (Fsp3) is 0.118. The van der Waals surface area contributed by atoms with Gasteiger partial charge in [0.25, 0.3) is 0 Å². The SMILES string of the molecule is CC(O)c1c(-c2ccccc2)ncc2ccccc12. The van der Waals surface area contributed by atoms with Gasteiger partial charge in [0.1, 0.15) is 0 Å². The molecule has 0 aliphatic heterocycles. The fourth-order valence-electron chi connectivity index (χ4n) is 2.44.